The van der Waals surface area contributed by atoms with Gasteiger partial charge in [-0.3, -0.25) is 0 Å². The van der Waals surface area contributed by atoms with Crippen molar-refractivity contribution in [2.75, 3.05) is 0 Å². The van der Waals surface area contributed by atoms with Crippen LogP contribution in [-0.4, -0.2) is 0 Å². The standard InChI is InChI=1S/C14H18/c1-3-14(2)10-8-12-6-4-5-7-13(12)9-11-14/h4-8,10H,3,9,11H2,1-2H3/t14-/m1/s1. The van der Waals surface area contributed by atoms with Gasteiger partial charge in [0.2, 0.25) is 0 Å². The zero-order valence-corrected chi connectivity index (χ0v) is 9.09. The van der Waals surface area contributed by atoms with Crippen LogP contribution in [0.2, 0.25) is 0 Å². The first-order chi connectivity index (χ1) is 6.73. The summed E-state index contributed by atoms with van der Waals surface area (Å²) in [6.45, 7) is 4.63. The van der Waals surface area contributed by atoms with E-state index in [-0.39, 0.29) is 0 Å². The Bertz CT molecular complexity index is 349. The summed E-state index contributed by atoms with van der Waals surface area (Å²) in [5, 5.41) is 0. The molecule has 0 unspecified atom stereocenters. The summed E-state index contributed by atoms with van der Waals surface area (Å²) in [4.78, 5) is 0. The number of aryl methyl sites for hydroxylation is 1. The number of rotatable bonds is 1. The van der Waals surface area contributed by atoms with Crippen molar-refractivity contribution in [3.63, 3.8) is 0 Å². The van der Waals surface area contributed by atoms with Crippen LogP contribution in [0.15, 0.2) is 30.3 Å². The molecule has 1 aliphatic carbocycles. The predicted octanol–water partition coefficient (Wildman–Crippen LogP) is 4.06. The summed E-state index contributed by atoms with van der Waals surface area (Å²) >= 11 is 0. The van der Waals surface area contributed by atoms with Gasteiger partial charge in [0.25, 0.3) is 0 Å². The quantitative estimate of drug-likeness (QED) is 0.620. The van der Waals surface area contributed by atoms with Crippen LogP contribution in [0.4, 0.5) is 0 Å². The van der Waals surface area contributed by atoms with E-state index in [0.717, 1.165) is 0 Å². The van der Waals surface area contributed by atoms with E-state index in [9.17, 15) is 0 Å². The molecule has 0 nitrogen and oxygen atoms in total. The van der Waals surface area contributed by atoms with Crippen LogP contribution >= 0.6 is 0 Å². The summed E-state index contributed by atoms with van der Waals surface area (Å²) in [6, 6.07) is 8.73. The third-order valence-corrected chi connectivity index (χ3v) is 3.49. The Hall–Kier alpha value is -1.04. The molecule has 2 rings (SSSR count). The number of fused-ring (bicyclic) bond motifs is 1. The molecule has 1 aromatic carbocycles. The van der Waals surface area contributed by atoms with Crippen molar-refractivity contribution in [3.05, 3.63) is 41.5 Å². The second-order valence-corrected chi connectivity index (χ2v) is 4.54. The highest BCUT2D eigenvalue weighted by Gasteiger charge is 2.20. The van der Waals surface area contributed by atoms with Crippen LogP contribution < -0.4 is 0 Å². The third kappa shape index (κ3) is 1.75. The highest BCUT2D eigenvalue weighted by molar-refractivity contribution is 5.55. The van der Waals surface area contributed by atoms with E-state index in [1.807, 2.05) is 0 Å². The van der Waals surface area contributed by atoms with Gasteiger partial charge in [-0.1, -0.05) is 50.3 Å². The smallest absolute Gasteiger partial charge is 0.0143 e. The molecule has 74 valence electrons. The van der Waals surface area contributed by atoms with Gasteiger partial charge in [0.15, 0.2) is 0 Å². The maximum absolute atomic E-state index is 2.39. The molecule has 0 heteroatoms. The molecule has 1 atom stereocenters. The van der Waals surface area contributed by atoms with Crippen LogP contribution in [0, 0.1) is 5.41 Å². The van der Waals surface area contributed by atoms with Gasteiger partial charge in [0.05, 0.1) is 0 Å². The fourth-order valence-corrected chi connectivity index (χ4v) is 2.01. The number of allylic oxidation sites excluding steroid dienone is 1. The number of hydrogen-bond donors (Lipinski definition) is 0. The van der Waals surface area contributed by atoms with Crippen LogP contribution in [0.1, 0.15) is 37.8 Å². The summed E-state index contributed by atoms with van der Waals surface area (Å²) in [5.74, 6) is 0. The Morgan fingerprint density at radius 2 is 2.07 bits per heavy atom. The van der Waals surface area contributed by atoms with Gasteiger partial charge in [-0.15, -0.1) is 0 Å². The van der Waals surface area contributed by atoms with Gasteiger partial charge in [0.1, 0.15) is 0 Å². The average Bonchev–Trinajstić information content (AvgIpc) is 2.40. The molecule has 0 fully saturated rings. The van der Waals surface area contributed by atoms with E-state index in [4.69, 9.17) is 0 Å². The van der Waals surface area contributed by atoms with Crippen molar-refractivity contribution >= 4 is 6.08 Å². The molecular formula is C14H18. The molecule has 0 aliphatic heterocycles. The maximum atomic E-state index is 2.39. The zero-order valence-electron chi connectivity index (χ0n) is 9.09. The number of benzene rings is 1. The average molecular weight is 186 g/mol. The minimum absolute atomic E-state index is 0.402. The summed E-state index contributed by atoms with van der Waals surface area (Å²) in [5.41, 5.74) is 3.31. The zero-order chi connectivity index (χ0) is 10.0. The van der Waals surface area contributed by atoms with Crippen molar-refractivity contribution in [2.45, 2.75) is 33.1 Å². The van der Waals surface area contributed by atoms with Crippen LogP contribution in [0.25, 0.3) is 6.08 Å². The van der Waals surface area contributed by atoms with Gasteiger partial charge in [-0.2, -0.15) is 0 Å². The Labute approximate surface area is 86.7 Å². The summed E-state index contributed by atoms with van der Waals surface area (Å²) in [6.07, 6.45) is 8.41. The first-order valence-electron chi connectivity index (χ1n) is 5.51. The van der Waals surface area contributed by atoms with Crippen LogP contribution in [0.3, 0.4) is 0 Å². The Morgan fingerprint density at radius 1 is 1.29 bits per heavy atom. The van der Waals surface area contributed by atoms with Gasteiger partial charge >= 0.3 is 0 Å². The van der Waals surface area contributed by atoms with Gasteiger partial charge < -0.3 is 0 Å². The van der Waals surface area contributed by atoms with E-state index in [1.165, 1.54) is 30.4 Å². The molecule has 0 bridgehead atoms. The molecule has 0 spiro atoms. The Balaban J connectivity index is 2.34. The number of hydrogen-bond acceptors (Lipinski definition) is 0. The van der Waals surface area contributed by atoms with E-state index in [2.05, 4.69) is 50.3 Å². The van der Waals surface area contributed by atoms with Crippen molar-refractivity contribution < 1.29 is 0 Å². The highest BCUT2D eigenvalue weighted by Crippen LogP contribution is 2.33. The van der Waals surface area contributed by atoms with E-state index in [1.54, 1.807) is 0 Å². The topological polar surface area (TPSA) is 0 Å². The fourth-order valence-electron chi connectivity index (χ4n) is 2.01. The highest BCUT2D eigenvalue weighted by atomic mass is 14.3. The van der Waals surface area contributed by atoms with Crippen molar-refractivity contribution in [1.29, 1.82) is 0 Å². The lowest BCUT2D eigenvalue weighted by molar-refractivity contribution is 0.381. The molecule has 0 N–H and O–H groups in total. The molecule has 0 saturated heterocycles. The van der Waals surface area contributed by atoms with Gasteiger partial charge in [-0.05, 0) is 35.8 Å². The minimum atomic E-state index is 0.402. The minimum Gasteiger partial charge on any atom is -0.0780 e. The molecule has 1 aliphatic rings. The molecular weight excluding hydrogens is 168 g/mol. The molecule has 0 aromatic heterocycles. The van der Waals surface area contributed by atoms with Crippen molar-refractivity contribution in [1.82, 2.24) is 0 Å². The third-order valence-electron chi connectivity index (χ3n) is 3.49. The summed E-state index contributed by atoms with van der Waals surface area (Å²) < 4.78 is 0. The lowest BCUT2D eigenvalue weighted by Crippen LogP contribution is -2.11. The maximum Gasteiger partial charge on any atom is -0.0143 e. The largest absolute Gasteiger partial charge is 0.0780 e. The lowest BCUT2D eigenvalue weighted by atomic mass is 9.83. The molecule has 0 heterocycles. The molecule has 0 amide bonds. The van der Waals surface area contributed by atoms with Crippen molar-refractivity contribution in [3.8, 4) is 0 Å². The molecule has 0 saturated carbocycles. The van der Waals surface area contributed by atoms with E-state index >= 15 is 0 Å². The van der Waals surface area contributed by atoms with Crippen LogP contribution in [0.5, 0.6) is 0 Å². The fraction of sp³-hybridized carbons (Fsp3) is 0.429. The van der Waals surface area contributed by atoms with Crippen molar-refractivity contribution in [2.24, 2.45) is 5.41 Å². The SMILES string of the molecule is CC[C@]1(C)C=Cc2ccccc2CC1. The summed E-state index contributed by atoms with van der Waals surface area (Å²) in [7, 11) is 0. The first kappa shape index (κ1) is 9.51. The lowest BCUT2D eigenvalue weighted by Gasteiger charge is -2.22. The second kappa shape index (κ2) is 3.61. The normalized spacial score (nSPS) is 25.6. The monoisotopic (exact) mass is 186 g/mol. The van der Waals surface area contributed by atoms with E-state index < -0.39 is 0 Å². The first-order valence-corrected chi connectivity index (χ1v) is 5.51. The molecule has 1 aromatic rings. The van der Waals surface area contributed by atoms with Gasteiger partial charge in [0, 0.05) is 0 Å². The molecule has 14 heavy (non-hydrogen) atoms. The van der Waals surface area contributed by atoms with Crippen LogP contribution in [-0.2, 0) is 6.42 Å². The second-order valence-electron chi connectivity index (χ2n) is 4.54. The Kier molecular flexibility index (Phi) is 2.45. The van der Waals surface area contributed by atoms with Gasteiger partial charge in [-0.25, -0.2) is 0 Å². The predicted molar refractivity (Wildman–Crippen MR) is 62.2 cm³/mol. The van der Waals surface area contributed by atoms with E-state index in [0.29, 0.717) is 5.41 Å². The Morgan fingerprint density at radius 3 is 2.86 bits per heavy atom. The molecule has 0 radical (unpaired) electrons.